The molecule has 0 aliphatic heterocycles. The van der Waals surface area contributed by atoms with Gasteiger partial charge in [0.2, 0.25) is 0 Å². The van der Waals surface area contributed by atoms with E-state index in [0.29, 0.717) is 12.1 Å². The Morgan fingerprint density at radius 1 is 1.32 bits per heavy atom. The van der Waals surface area contributed by atoms with Gasteiger partial charge in [-0.2, -0.15) is 18.3 Å². The highest BCUT2D eigenvalue weighted by molar-refractivity contribution is 5.27. The number of rotatable bonds is 3. The molecule has 1 atom stereocenters. The van der Waals surface area contributed by atoms with Gasteiger partial charge in [-0.05, 0) is 30.7 Å². The first-order valence-corrected chi connectivity index (χ1v) is 5.79. The third-order valence-electron chi connectivity index (χ3n) is 2.94. The van der Waals surface area contributed by atoms with Crippen LogP contribution in [0.15, 0.2) is 36.5 Å². The van der Waals surface area contributed by atoms with Gasteiger partial charge in [0.25, 0.3) is 0 Å². The molecule has 0 amide bonds. The van der Waals surface area contributed by atoms with E-state index in [1.54, 1.807) is 16.9 Å². The Morgan fingerprint density at radius 3 is 2.63 bits per heavy atom. The van der Waals surface area contributed by atoms with E-state index >= 15 is 0 Å². The Bertz CT molecular complexity index is 560. The predicted molar refractivity (Wildman–Crippen MR) is 65.3 cm³/mol. The molecule has 2 aromatic rings. The number of nitrogens with zero attached hydrogens (tertiary/aromatic N) is 2. The molecule has 2 N–H and O–H groups in total. The largest absolute Gasteiger partial charge is 0.416 e. The van der Waals surface area contributed by atoms with Crippen molar-refractivity contribution < 1.29 is 13.2 Å². The smallest absolute Gasteiger partial charge is 0.322 e. The van der Waals surface area contributed by atoms with Crippen LogP contribution in [0.4, 0.5) is 13.2 Å². The molecule has 1 unspecified atom stereocenters. The highest BCUT2D eigenvalue weighted by Crippen LogP contribution is 2.30. The summed E-state index contributed by atoms with van der Waals surface area (Å²) in [6.07, 6.45) is -2.72. The van der Waals surface area contributed by atoms with Crippen LogP contribution < -0.4 is 5.73 Å². The first-order valence-electron chi connectivity index (χ1n) is 5.79. The van der Waals surface area contributed by atoms with Crippen LogP contribution in [-0.4, -0.2) is 9.78 Å². The first-order chi connectivity index (χ1) is 8.88. The summed E-state index contributed by atoms with van der Waals surface area (Å²) in [6.45, 7) is 2.21. The summed E-state index contributed by atoms with van der Waals surface area (Å²) in [6, 6.07) is 6.38. The van der Waals surface area contributed by atoms with Crippen LogP contribution in [0.1, 0.15) is 22.9 Å². The molecule has 19 heavy (non-hydrogen) atoms. The summed E-state index contributed by atoms with van der Waals surface area (Å²) in [5, 5.41) is 4.07. The van der Waals surface area contributed by atoms with Crippen molar-refractivity contribution in [2.45, 2.75) is 25.7 Å². The van der Waals surface area contributed by atoms with Crippen molar-refractivity contribution in [3.05, 3.63) is 53.3 Å². The van der Waals surface area contributed by atoms with Gasteiger partial charge >= 0.3 is 6.18 Å². The number of aryl methyl sites for hydroxylation is 1. The number of nitrogens with two attached hydrogens (primary N) is 1. The molecule has 102 valence electrons. The number of alkyl halides is 3. The summed E-state index contributed by atoms with van der Waals surface area (Å²) in [5.41, 5.74) is 6.62. The minimum Gasteiger partial charge on any atom is -0.322 e. The average Bonchev–Trinajstić information content (AvgIpc) is 2.74. The minimum absolute atomic E-state index is 0.347. The molecule has 1 aromatic heterocycles. The summed E-state index contributed by atoms with van der Waals surface area (Å²) in [7, 11) is 0. The number of halogens is 3. The number of hydrogen-bond donors (Lipinski definition) is 1. The van der Waals surface area contributed by atoms with Crippen molar-refractivity contribution in [1.29, 1.82) is 0 Å². The van der Waals surface area contributed by atoms with E-state index in [1.165, 1.54) is 6.07 Å². The van der Waals surface area contributed by atoms with Gasteiger partial charge in [-0.25, -0.2) is 0 Å². The molecule has 1 aromatic carbocycles. The van der Waals surface area contributed by atoms with Crippen molar-refractivity contribution in [2.24, 2.45) is 5.73 Å². The molecule has 3 nitrogen and oxygen atoms in total. The summed E-state index contributed by atoms with van der Waals surface area (Å²) < 4.78 is 39.5. The Morgan fingerprint density at radius 2 is 2.05 bits per heavy atom. The summed E-state index contributed by atoms with van der Waals surface area (Å²) >= 11 is 0. The maximum absolute atomic E-state index is 12.6. The standard InChI is InChI=1S/C13H14F3N3/c1-9-5-6-18-19(9)8-12(17)10-3-2-4-11(7-10)13(14,15)16/h2-7,12H,8,17H2,1H3. The van der Waals surface area contributed by atoms with Gasteiger partial charge in [0.1, 0.15) is 0 Å². The van der Waals surface area contributed by atoms with Gasteiger partial charge in [0.15, 0.2) is 0 Å². The highest BCUT2D eigenvalue weighted by Gasteiger charge is 2.30. The van der Waals surface area contributed by atoms with E-state index in [9.17, 15) is 13.2 Å². The van der Waals surface area contributed by atoms with Gasteiger partial charge in [0, 0.05) is 17.9 Å². The molecule has 0 fully saturated rings. The van der Waals surface area contributed by atoms with Crippen molar-refractivity contribution in [3.63, 3.8) is 0 Å². The Balaban J connectivity index is 2.20. The number of hydrogen-bond acceptors (Lipinski definition) is 2. The quantitative estimate of drug-likeness (QED) is 0.931. The molecular weight excluding hydrogens is 255 g/mol. The number of aromatic nitrogens is 2. The maximum atomic E-state index is 12.6. The molecule has 0 spiro atoms. The Kier molecular flexibility index (Phi) is 3.61. The van der Waals surface area contributed by atoms with Crippen LogP contribution in [0.5, 0.6) is 0 Å². The topological polar surface area (TPSA) is 43.8 Å². The van der Waals surface area contributed by atoms with Crippen molar-refractivity contribution >= 4 is 0 Å². The highest BCUT2D eigenvalue weighted by atomic mass is 19.4. The predicted octanol–water partition coefficient (Wildman–Crippen LogP) is 2.91. The lowest BCUT2D eigenvalue weighted by molar-refractivity contribution is -0.137. The van der Waals surface area contributed by atoms with Gasteiger partial charge in [-0.15, -0.1) is 0 Å². The van der Waals surface area contributed by atoms with E-state index in [4.69, 9.17) is 5.73 Å². The molecule has 0 bridgehead atoms. The van der Waals surface area contributed by atoms with E-state index in [-0.39, 0.29) is 0 Å². The second-order valence-electron chi connectivity index (χ2n) is 4.38. The second-order valence-corrected chi connectivity index (χ2v) is 4.38. The third-order valence-corrected chi connectivity index (χ3v) is 2.94. The van der Waals surface area contributed by atoms with Crippen molar-refractivity contribution in [3.8, 4) is 0 Å². The monoisotopic (exact) mass is 269 g/mol. The zero-order valence-corrected chi connectivity index (χ0v) is 10.4. The lowest BCUT2D eigenvalue weighted by Crippen LogP contribution is -2.19. The SMILES string of the molecule is Cc1ccnn1CC(N)c1cccc(C(F)(F)F)c1. The fourth-order valence-corrected chi connectivity index (χ4v) is 1.83. The average molecular weight is 269 g/mol. The Hall–Kier alpha value is -1.82. The lowest BCUT2D eigenvalue weighted by Gasteiger charge is -2.15. The second kappa shape index (κ2) is 5.05. The van der Waals surface area contributed by atoms with Crippen LogP contribution in [-0.2, 0) is 12.7 Å². The van der Waals surface area contributed by atoms with Crippen molar-refractivity contribution in [1.82, 2.24) is 9.78 Å². The zero-order valence-electron chi connectivity index (χ0n) is 10.4. The fraction of sp³-hybridized carbons (Fsp3) is 0.308. The molecule has 2 rings (SSSR count). The van der Waals surface area contributed by atoms with E-state index in [2.05, 4.69) is 5.10 Å². The van der Waals surface area contributed by atoms with Crippen LogP contribution in [0, 0.1) is 6.92 Å². The van der Waals surface area contributed by atoms with Gasteiger partial charge < -0.3 is 5.73 Å². The first kappa shape index (κ1) is 13.6. The van der Waals surface area contributed by atoms with Crippen LogP contribution in [0.25, 0.3) is 0 Å². The molecule has 0 radical (unpaired) electrons. The normalized spacial score (nSPS) is 13.5. The van der Waals surface area contributed by atoms with E-state index in [0.717, 1.165) is 17.8 Å². The van der Waals surface area contributed by atoms with E-state index < -0.39 is 17.8 Å². The van der Waals surface area contributed by atoms with E-state index in [1.807, 2.05) is 13.0 Å². The molecule has 0 aliphatic rings. The molecule has 0 saturated carbocycles. The van der Waals surface area contributed by atoms with Crippen LogP contribution in [0.2, 0.25) is 0 Å². The van der Waals surface area contributed by atoms with Gasteiger partial charge in [-0.1, -0.05) is 12.1 Å². The van der Waals surface area contributed by atoms with Gasteiger partial charge in [-0.3, -0.25) is 4.68 Å². The molecular formula is C13H14F3N3. The lowest BCUT2D eigenvalue weighted by atomic mass is 10.0. The Labute approximate surface area is 108 Å². The third kappa shape index (κ3) is 3.14. The number of benzene rings is 1. The van der Waals surface area contributed by atoms with Crippen LogP contribution in [0.3, 0.4) is 0 Å². The summed E-state index contributed by atoms with van der Waals surface area (Å²) in [5.74, 6) is 0. The maximum Gasteiger partial charge on any atom is 0.416 e. The van der Waals surface area contributed by atoms with Crippen molar-refractivity contribution in [2.75, 3.05) is 0 Å². The molecule has 0 aliphatic carbocycles. The zero-order chi connectivity index (χ0) is 14.0. The minimum atomic E-state index is -4.35. The molecule has 1 heterocycles. The van der Waals surface area contributed by atoms with Crippen LogP contribution >= 0.6 is 0 Å². The van der Waals surface area contributed by atoms with Gasteiger partial charge in [0.05, 0.1) is 12.1 Å². The molecule has 0 saturated heterocycles. The summed E-state index contributed by atoms with van der Waals surface area (Å²) in [4.78, 5) is 0. The molecule has 6 heteroatoms. The fourth-order valence-electron chi connectivity index (χ4n) is 1.83.